The summed E-state index contributed by atoms with van der Waals surface area (Å²) in [4.78, 5) is 0. The molecule has 11 rings (SSSR count). The molecule has 0 unspecified atom stereocenters. The molecule has 0 atom stereocenters. The molecule has 0 N–H and O–H groups in total. The zero-order valence-electron chi connectivity index (χ0n) is 27.7. The summed E-state index contributed by atoms with van der Waals surface area (Å²) in [6.07, 6.45) is 0. The smallest absolute Gasteiger partial charge is 0.143 e. The van der Waals surface area contributed by atoms with E-state index >= 15 is 0 Å². The van der Waals surface area contributed by atoms with Crippen molar-refractivity contribution in [3.63, 3.8) is 0 Å². The number of hydrogen-bond acceptors (Lipinski definition) is 1. The van der Waals surface area contributed by atoms with Crippen LogP contribution in [0.1, 0.15) is 0 Å². The largest absolute Gasteiger partial charge is 0.455 e. The third-order valence-corrected chi connectivity index (χ3v) is 10.8. The first-order valence-corrected chi connectivity index (χ1v) is 17.6. The van der Waals surface area contributed by atoms with Crippen LogP contribution < -0.4 is 0 Å². The van der Waals surface area contributed by atoms with Crippen LogP contribution in [0, 0.1) is 0 Å². The Morgan fingerprint density at radius 1 is 0.255 bits per heavy atom. The van der Waals surface area contributed by atoms with Crippen LogP contribution in [-0.4, -0.2) is 0 Å². The third-order valence-electron chi connectivity index (χ3n) is 10.8. The lowest BCUT2D eigenvalue weighted by Crippen LogP contribution is -1.90. The molecule has 1 heteroatoms. The van der Waals surface area contributed by atoms with Crippen LogP contribution in [0.25, 0.3) is 109 Å². The number of rotatable bonds is 3. The minimum Gasteiger partial charge on any atom is -0.455 e. The van der Waals surface area contributed by atoms with E-state index in [2.05, 4.69) is 182 Å². The van der Waals surface area contributed by atoms with Crippen molar-refractivity contribution in [1.82, 2.24) is 0 Å². The molecule has 1 heterocycles. The van der Waals surface area contributed by atoms with Gasteiger partial charge < -0.3 is 4.42 Å². The van der Waals surface area contributed by atoms with Gasteiger partial charge in [-0.25, -0.2) is 0 Å². The van der Waals surface area contributed by atoms with Crippen molar-refractivity contribution in [3.05, 3.63) is 182 Å². The Bertz CT molecular complexity index is 3110. The maximum atomic E-state index is 6.80. The minimum atomic E-state index is 0.948. The molecule has 0 aliphatic carbocycles. The monoisotopic (exact) mass is 646 g/mol. The Morgan fingerprint density at radius 3 is 1.33 bits per heavy atom. The summed E-state index contributed by atoms with van der Waals surface area (Å²) in [7, 11) is 0. The van der Waals surface area contributed by atoms with E-state index in [1.807, 2.05) is 0 Å². The standard InChI is InChI=1S/C50H30O/c1-2-12-32(13-3-1)46-40-17-7-9-19-42(40)47(43-20-10-8-18-41(43)46)33-24-22-31(23-25-33)34-26-28-36-35(30-34)27-29-45-48-39-16-6-4-14-37(39)38-15-5-11-21-44(38)50(48)51-49(36)45/h1-30H. The number of hydrogen-bond donors (Lipinski definition) is 0. The van der Waals surface area contributed by atoms with E-state index in [9.17, 15) is 0 Å². The molecule has 1 aromatic heterocycles. The van der Waals surface area contributed by atoms with Gasteiger partial charge in [0.2, 0.25) is 0 Å². The van der Waals surface area contributed by atoms with Gasteiger partial charge in [-0.3, -0.25) is 0 Å². The molecule has 51 heavy (non-hydrogen) atoms. The topological polar surface area (TPSA) is 13.1 Å². The van der Waals surface area contributed by atoms with Crippen LogP contribution in [0.15, 0.2) is 186 Å². The molecule has 0 spiro atoms. The summed E-state index contributed by atoms with van der Waals surface area (Å²) in [6.45, 7) is 0. The predicted octanol–water partition coefficient (Wildman–Crippen LogP) is 14.4. The van der Waals surface area contributed by atoms with Crippen LogP contribution in [0.5, 0.6) is 0 Å². The van der Waals surface area contributed by atoms with Crippen LogP contribution in [0.2, 0.25) is 0 Å². The van der Waals surface area contributed by atoms with Gasteiger partial charge in [0.1, 0.15) is 11.2 Å². The summed E-state index contributed by atoms with van der Waals surface area (Å²) < 4.78 is 6.80. The van der Waals surface area contributed by atoms with Crippen molar-refractivity contribution < 1.29 is 4.42 Å². The van der Waals surface area contributed by atoms with Crippen molar-refractivity contribution >= 4 is 75.8 Å². The Morgan fingerprint density at radius 2 is 0.706 bits per heavy atom. The van der Waals surface area contributed by atoms with Crippen molar-refractivity contribution in [2.45, 2.75) is 0 Å². The van der Waals surface area contributed by atoms with E-state index in [0.717, 1.165) is 27.3 Å². The molecule has 1 nitrogen and oxygen atoms in total. The quantitative estimate of drug-likeness (QED) is 0.138. The van der Waals surface area contributed by atoms with Gasteiger partial charge in [0.15, 0.2) is 0 Å². The first-order chi connectivity index (χ1) is 25.3. The van der Waals surface area contributed by atoms with E-state index in [-0.39, 0.29) is 0 Å². The molecule has 0 radical (unpaired) electrons. The van der Waals surface area contributed by atoms with E-state index in [4.69, 9.17) is 4.42 Å². The average Bonchev–Trinajstić information content (AvgIpc) is 3.61. The SMILES string of the molecule is c1ccc(-c2c3ccccc3c(-c3ccc(-c4ccc5c(ccc6c5oc5c7ccccc7c7ccccc7c65)c4)cc3)c3ccccc23)cc1. The first kappa shape index (κ1) is 28.2. The predicted molar refractivity (Wildman–Crippen MR) is 218 cm³/mol. The van der Waals surface area contributed by atoms with Gasteiger partial charge in [-0.2, -0.15) is 0 Å². The second-order valence-corrected chi connectivity index (χ2v) is 13.6. The maximum Gasteiger partial charge on any atom is 0.143 e. The van der Waals surface area contributed by atoms with Gasteiger partial charge in [-0.05, 0) is 94.7 Å². The zero-order valence-corrected chi connectivity index (χ0v) is 27.7. The number of benzene rings is 10. The molecule has 0 bridgehead atoms. The Labute approximate surface area is 294 Å². The molecular formula is C50H30O. The Hall–Kier alpha value is -6.70. The molecule has 0 saturated heterocycles. The van der Waals surface area contributed by atoms with Gasteiger partial charge in [0.05, 0.1) is 0 Å². The van der Waals surface area contributed by atoms with E-state index < -0.39 is 0 Å². The highest BCUT2D eigenvalue weighted by atomic mass is 16.3. The fraction of sp³-hybridized carbons (Fsp3) is 0. The summed E-state index contributed by atoms with van der Waals surface area (Å²) >= 11 is 0. The number of furan rings is 1. The number of fused-ring (bicyclic) bond motifs is 12. The van der Waals surface area contributed by atoms with Crippen molar-refractivity contribution in [3.8, 4) is 33.4 Å². The summed E-state index contributed by atoms with van der Waals surface area (Å²) in [5, 5.41) is 14.6. The molecule has 0 fully saturated rings. The normalized spacial score (nSPS) is 11.9. The van der Waals surface area contributed by atoms with Gasteiger partial charge in [0.25, 0.3) is 0 Å². The van der Waals surface area contributed by atoms with Crippen molar-refractivity contribution in [2.24, 2.45) is 0 Å². The second kappa shape index (κ2) is 10.9. The highest BCUT2D eigenvalue weighted by molar-refractivity contribution is 6.32. The fourth-order valence-electron chi connectivity index (χ4n) is 8.56. The van der Waals surface area contributed by atoms with Gasteiger partial charge in [-0.15, -0.1) is 0 Å². The first-order valence-electron chi connectivity index (χ1n) is 17.6. The second-order valence-electron chi connectivity index (χ2n) is 13.6. The van der Waals surface area contributed by atoms with Gasteiger partial charge >= 0.3 is 0 Å². The van der Waals surface area contributed by atoms with Crippen molar-refractivity contribution in [2.75, 3.05) is 0 Å². The lowest BCUT2D eigenvalue weighted by molar-refractivity contribution is 0.676. The van der Waals surface area contributed by atoms with Crippen molar-refractivity contribution in [1.29, 1.82) is 0 Å². The highest BCUT2D eigenvalue weighted by Crippen LogP contribution is 2.45. The molecule has 11 aromatic rings. The van der Waals surface area contributed by atoms with Crippen LogP contribution in [-0.2, 0) is 0 Å². The maximum absolute atomic E-state index is 6.80. The Kier molecular flexibility index (Phi) is 6.02. The summed E-state index contributed by atoms with van der Waals surface area (Å²) in [5.41, 5.74) is 9.31. The minimum absolute atomic E-state index is 0.948. The van der Waals surface area contributed by atoms with Gasteiger partial charge in [0, 0.05) is 21.5 Å². The molecule has 0 aliphatic heterocycles. The zero-order chi connectivity index (χ0) is 33.5. The van der Waals surface area contributed by atoms with E-state index in [1.165, 1.54) is 81.9 Å². The van der Waals surface area contributed by atoms with Gasteiger partial charge in [-0.1, -0.05) is 164 Å². The molecular weight excluding hydrogens is 617 g/mol. The van der Waals surface area contributed by atoms with Crippen LogP contribution in [0.4, 0.5) is 0 Å². The average molecular weight is 647 g/mol. The van der Waals surface area contributed by atoms with E-state index in [1.54, 1.807) is 0 Å². The van der Waals surface area contributed by atoms with Crippen LogP contribution >= 0.6 is 0 Å². The molecule has 0 saturated carbocycles. The lowest BCUT2D eigenvalue weighted by atomic mass is 9.85. The summed E-state index contributed by atoms with van der Waals surface area (Å²) in [5.74, 6) is 0. The molecule has 0 amide bonds. The molecule has 236 valence electrons. The van der Waals surface area contributed by atoms with E-state index in [0.29, 0.717) is 0 Å². The highest BCUT2D eigenvalue weighted by Gasteiger charge is 2.19. The summed E-state index contributed by atoms with van der Waals surface area (Å²) in [6, 6.07) is 66.1. The Balaban J connectivity index is 1.05. The molecule has 0 aliphatic rings. The van der Waals surface area contributed by atoms with Crippen LogP contribution in [0.3, 0.4) is 0 Å². The third kappa shape index (κ3) is 4.16. The molecule has 10 aromatic carbocycles. The lowest BCUT2D eigenvalue weighted by Gasteiger charge is -2.18. The fourth-order valence-corrected chi connectivity index (χ4v) is 8.56.